The van der Waals surface area contributed by atoms with Crippen molar-refractivity contribution in [3.05, 3.63) is 0 Å². The topological polar surface area (TPSA) is 78.9 Å². The molecule has 0 aromatic heterocycles. The molecule has 0 atom stereocenters. The first-order valence-electron chi connectivity index (χ1n) is 7.41. The Kier molecular flexibility index (Phi) is 5.37. The number of hydrogen-bond acceptors (Lipinski definition) is 4. The van der Waals surface area contributed by atoms with E-state index in [0.717, 1.165) is 19.4 Å². The third-order valence-electron chi connectivity index (χ3n) is 4.02. The van der Waals surface area contributed by atoms with Gasteiger partial charge in [-0.25, -0.2) is 0 Å². The molecule has 0 radical (unpaired) electrons. The van der Waals surface area contributed by atoms with Crippen LogP contribution in [0.3, 0.4) is 0 Å². The van der Waals surface area contributed by atoms with E-state index in [4.69, 9.17) is 9.84 Å². The molecule has 1 amide bonds. The second-order valence-corrected chi connectivity index (χ2v) is 5.81. The first-order valence-corrected chi connectivity index (χ1v) is 7.41. The fourth-order valence-corrected chi connectivity index (χ4v) is 2.55. The van der Waals surface area contributed by atoms with E-state index in [1.165, 1.54) is 12.8 Å². The minimum absolute atomic E-state index is 0.0598. The zero-order valence-electron chi connectivity index (χ0n) is 12.0. The van der Waals surface area contributed by atoms with Gasteiger partial charge in [0.05, 0.1) is 13.2 Å². The highest BCUT2D eigenvalue weighted by atomic mass is 16.5. The molecule has 2 N–H and O–H groups in total. The number of carbonyl (C=O) groups excluding carboxylic acids is 1. The SMILES string of the molecule is CCN(CC(=O)O)C1CC(NC(=O)COCC2CC2)C1. The normalized spacial score (nSPS) is 25.3. The fraction of sp³-hybridized carbons (Fsp3) is 0.857. The second-order valence-electron chi connectivity index (χ2n) is 5.81. The lowest BCUT2D eigenvalue weighted by atomic mass is 9.85. The third-order valence-corrected chi connectivity index (χ3v) is 4.02. The standard InChI is InChI=1S/C14H24N2O4/c1-2-16(7-14(18)19)12-5-11(6-12)15-13(17)9-20-8-10-3-4-10/h10-12H,2-9H2,1H3,(H,15,17)(H,18,19). The van der Waals surface area contributed by atoms with E-state index in [1.807, 2.05) is 11.8 Å². The summed E-state index contributed by atoms with van der Waals surface area (Å²) < 4.78 is 5.34. The first kappa shape index (κ1) is 15.3. The zero-order chi connectivity index (χ0) is 14.5. The molecule has 2 aliphatic carbocycles. The molecule has 20 heavy (non-hydrogen) atoms. The van der Waals surface area contributed by atoms with Crippen molar-refractivity contribution in [2.75, 3.05) is 26.3 Å². The van der Waals surface area contributed by atoms with Gasteiger partial charge in [0.1, 0.15) is 6.61 Å². The Morgan fingerprint density at radius 1 is 1.35 bits per heavy atom. The third kappa shape index (κ3) is 4.76. The van der Waals surface area contributed by atoms with Gasteiger partial charge in [-0.15, -0.1) is 0 Å². The first-order chi connectivity index (χ1) is 9.58. The minimum Gasteiger partial charge on any atom is -0.480 e. The number of carbonyl (C=O) groups is 2. The molecule has 2 rings (SSSR count). The summed E-state index contributed by atoms with van der Waals surface area (Å²) in [7, 11) is 0. The molecule has 6 heteroatoms. The highest BCUT2D eigenvalue weighted by Crippen LogP contribution is 2.28. The number of hydrogen-bond donors (Lipinski definition) is 2. The number of rotatable bonds is 9. The summed E-state index contributed by atoms with van der Waals surface area (Å²) in [5.41, 5.74) is 0. The highest BCUT2D eigenvalue weighted by molar-refractivity contribution is 5.77. The van der Waals surface area contributed by atoms with Crippen molar-refractivity contribution in [1.29, 1.82) is 0 Å². The Hall–Kier alpha value is -1.14. The molecule has 2 fully saturated rings. The fourth-order valence-electron chi connectivity index (χ4n) is 2.55. The van der Waals surface area contributed by atoms with Crippen molar-refractivity contribution >= 4 is 11.9 Å². The number of likely N-dealkylation sites (N-methyl/N-ethyl adjacent to an activating group) is 1. The summed E-state index contributed by atoms with van der Waals surface area (Å²) in [4.78, 5) is 24.3. The molecule has 0 unspecified atom stereocenters. The molecule has 0 spiro atoms. The highest BCUT2D eigenvalue weighted by Gasteiger charge is 2.34. The summed E-state index contributed by atoms with van der Waals surface area (Å²) in [5, 5.41) is 11.7. The molecule has 2 aliphatic rings. The maximum absolute atomic E-state index is 11.6. The molecule has 0 bridgehead atoms. The minimum atomic E-state index is -0.798. The Balaban J connectivity index is 1.57. The van der Waals surface area contributed by atoms with Gasteiger partial charge in [-0.1, -0.05) is 6.92 Å². The van der Waals surface area contributed by atoms with Crippen LogP contribution in [0.4, 0.5) is 0 Å². The van der Waals surface area contributed by atoms with E-state index in [-0.39, 0.29) is 31.1 Å². The van der Waals surface area contributed by atoms with Crippen LogP contribution >= 0.6 is 0 Å². The number of carboxylic acid groups (broad SMARTS) is 1. The summed E-state index contributed by atoms with van der Waals surface area (Å²) in [6.45, 7) is 3.60. The van der Waals surface area contributed by atoms with Crippen LogP contribution in [0, 0.1) is 5.92 Å². The maximum Gasteiger partial charge on any atom is 0.317 e. The molecular formula is C14H24N2O4. The van der Waals surface area contributed by atoms with Crippen LogP contribution in [0.2, 0.25) is 0 Å². The van der Waals surface area contributed by atoms with Gasteiger partial charge in [-0.05, 0) is 38.1 Å². The Bertz CT molecular complexity index is 351. The van der Waals surface area contributed by atoms with Crippen molar-refractivity contribution < 1.29 is 19.4 Å². The van der Waals surface area contributed by atoms with Crippen molar-refractivity contribution in [1.82, 2.24) is 10.2 Å². The number of amides is 1. The van der Waals surface area contributed by atoms with Crippen molar-refractivity contribution in [3.8, 4) is 0 Å². The van der Waals surface area contributed by atoms with Gasteiger partial charge >= 0.3 is 5.97 Å². The van der Waals surface area contributed by atoms with Crippen molar-refractivity contribution in [3.63, 3.8) is 0 Å². The van der Waals surface area contributed by atoms with E-state index in [2.05, 4.69) is 5.32 Å². The molecule has 0 saturated heterocycles. The molecule has 0 aromatic carbocycles. The molecule has 0 aliphatic heterocycles. The smallest absolute Gasteiger partial charge is 0.317 e. The Morgan fingerprint density at radius 3 is 2.60 bits per heavy atom. The van der Waals surface area contributed by atoms with Gasteiger partial charge in [-0.2, -0.15) is 0 Å². The lowest BCUT2D eigenvalue weighted by Crippen LogP contribution is -2.55. The van der Waals surface area contributed by atoms with E-state index in [9.17, 15) is 9.59 Å². The molecule has 2 saturated carbocycles. The largest absolute Gasteiger partial charge is 0.480 e. The maximum atomic E-state index is 11.6. The summed E-state index contributed by atoms with van der Waals surface area (Å²) >= 11 is 0. The predicted molar refractivity (Wildman–Crippen MR) is 73.4 cm³/mol. The number of nitrogens with zero attached hydrogens (tertiary/aromatic N) is 1. The van der Waals surface area contributed by atoms with Gasteiger partial charge in [-0.3, -0.25) is 14.5 Å². The number of ether oxygens (including phenoxy) is 1. The van der Waals surface area contributed by atoms with Crippen molar-refractivity contribution in [2.45, 2.75) is 44.7 Å². The molecule has 0 aromatic rings. The van der Waals surface area contributed by atoms with Crippen LogP contribution in [0.1, 0.15) is 32.6 Å². The quantitative estimate of drug-likeness (QED) is 0.643. The van der Waals surface area contributed by atoms with Gasteiger partial charge < -0.3 is 15.2 Å². The van der Waals surface area contributed by atoms with Crippen LogP contribution in [-0.2, 0) is 14.3 Å². The lowest BCUT2D eigenvalue weighted by Gasteiger charge is -2.42. The van der Waals surface area contributed by atoms with Crippen LogP contribution in [0.5, 0.6) is 0 Å². The van der Waals surface area contributed by atoms with Crippen molar-refractivity contribution in [2.24, 2.45) is 5.92 Å². The lowest BCUT2D eigenvalue weighted by molar-refractivity contribution is -0.140. The van der Waals surface area contributed by atoms with Crippen LogP contribution < -0.4 is 5.32 Å². The number of aliphatic carboxylic acids is 1. The summed E-state index contributed by atoms with van der Waals surface area (Å²) in [6, 6.07) is 0.439. The van der Waals surface area contributed by atoms with E-state index in [1.54, 1.807) is 0 Å². The Morgan fingerprint density at radius 2 is 2.05 bits per heavy atom. The molecular weight excluding hydrogens is 260 g/mol. The van der Waals surface area contributed by atoms with Gasteiger partial charge in [0.2, 0.25) is 5.91 Å². The zero-order valence-corrected chi connectivity index (χ0v) is 12.0. The summed E-state index contributed by atoms with van der Waals surface area (Å²) in [5.74, 6) is -0.187. The van der Waals surface area contributed by atoms with E-state index >= 15 is 0 Å². The van der Waals surface area contributed by atoms with E-state index in [0.29, 0.717) is 12.5 Å². The average Bonchev–Trinajstić information content (AvgIpc) is 3.14. The monoisotopic (exact) mass is 284 g/mol. The number of carboxylic acids is 1. The van der Waals surface area contributed by atoms with E-state index < -0.39 is 5.97 Å². The number of nitrogens with one attached hydrogen (secondary N) is 1. The second kappa shape index (κ2) is 7.04. The van der Waals surface area contributed by atoms with Crippen LogP contribution in [0.15, 0.2) is 0 Å². The Labute approximate surface area is 119 Å². The van der Waals surface area contributed by atoms with Gasteiger partial charge in [0.25, 0.3) is 0 Å². The molecule has 114 valence electrons. The molecule has 6 nitrogen and oxygen atoms in total. The van der Waals surface area contributed by atoms with Crippen LogP contribution in [0.25, 0.3) is 0 Å². The van der Waals surface area contributed by atoms with Crippen LogP contribution in [-0.4, -0.2) is 60.3 Å². The van der Waals surface area contributed by atoms with Gasteiger partial charge in [0.15, 0.2) is 0 Å². The predicted octanol–water partition coefficient (Wildman–Crippen LogP) is 0.467. The van der Waals surface area contributed by atoms with Gasteiger partial charge in [0, 0.05) is 12.1 Å². The molecule has 0 heterocycles. The summed E-state index contributed by atoms with van der Waals surface area (Å²) in [6.07, 6.45) is 4.11. The average molecular weight is 284 g/mol.